The molecule has 1 heterocycles. The normalized spacial score (nSPS) is 21.7. The second-order valence-corrected chi connectivity index (χ2v) is 7.30. The second-order valence-electron chi connectivity index (χ2n) is 6.87. The highest BCUT2D eigenvalue weighted by molar-refractivity contribution is 6.30. The molecule has 2 N–H and O–H groups in total. The first-order valence-electron chi connectivity index (χ1n) is 8.67. The van der Waals surface area contributed by atoms with Crippen LogP contribution in [-0.2, 0) is 0 Å². The molecule has 23 heavy (non-hydrogen) atoms. The van der Waals surface area contributed by atoms with Gasteiger partial charge in [-0.3, -0.25) is 0 Å². The van der Waals surface area contributed by atoms with Crippen molar-refractivity contribution in [3.63, 3.8) is 0 Å². The molecule has 0 radical (unpaired) electrons. The third-order valence-corrected chi connectivity index (χ3v) is 5.27. The van der Waals surface area contributed by atoms with Crippen molar-refractivity contribution in [3.05, 3.63) is 28.8 Å². The van der Waals surface area contributed by atoms with E-state index in [1.54, 1.807) is 0 Å². The Kier molecular flexibility index (Phi) is 5.31. The number of amides is 2. The Morgan fingerprint density at radius 1 is 1.30 bits per heavy atom. The summed E-state index contributed by atoms with van der Waals surface area (Å²) in [6.07, 6.45) is 5.83. The van der Waals surface area contributed by atoms with Gasteiger partial charge >= 0.3 is 6.03 Å². The summed E-state index contributed by atoms with van der Waals surface area (Å²) in [7, 11) is 0. The molecule has 1 aliphatic carbocycles. The molecule has 1 saturated heterocycles. The first kappa shape index (κ1) is 16.4. The van der Waals surface area contributed by atoms with Crippen LogP contribution in [0.5, 0.6) is 0 Å². The van der Waals surface area contributed by atoms with Gasteiger partial charge in [-0.25, -0.2) is 4.79 Å². The zero-order chi connectivity index (χ0) is 16.2. The van der Waals surface area contributed by atoms with Gasteiger partial charge in [-0.1, -0.05) is 30.5 Å². The van der Waals surface area contributed by atoms with Crippen LogP contribution in [0.4, 0.5) is 10.5 Å². The summed E-state index contributed by atoms with van der Waals surface area (Å²) in [6, 6.07) is 6.42. The zero-order valence-corrected chi connectivity index (χ0v) is 14.5. The summed E-state index contributed by atoms with van der Waals surface area (Å²) < 4.78 is 0. The van der Waals surface area contributed by atoms with Gasteiger partial charge in [0, 0.05) is 36.4 Å². The van der Waals surface area contributed by atoms with Gasteiger partial charge in [-0.15, -0.1) is 0 Å². The van der Waals surface area contributed by atoms with E-state index in [0.29, 0.717) is 12.0 Å². The first-order chi connectivity index (χ1) is 11.1. The number of urea groups is 1. The number of halogens is 1. The largest absolute Gasteiger partial charge is 0.371 e. The van der Waals surface area contributed by atoms with E-state index in [-0.39, 0.29) is 6.03 Å². The molecule has 2 amide bonds. The molecule has 0 unspecified atom stereocenters. The van der Waals surface area contributed by atoms with Crippen LogP contribution in [0.25, 0.3) is 0 Å². The van der Waals surface area contributed by atoms with Crippen molar-refractivity contribution >= 4 is 23.3 Å². The van der Waals surface area contributed by atoms with Crippen LogP contribution in [0.1, 0.15) is 37.7 Å². The number of rotatable bonds is 4. The van der Waals surface area contributed by atoms with Gasteiger partial charge in [0.15, 0.2) is 0 Å². The number of carbonyl (C=O) groups is 1. The van der Waals surface area contributed by atoms with Crippen LogP contribution >= 0.6 is 11.6 Å². The Morgan fingerprint density at radius 2 is 2.09 bits per heavy atom. The van der Waals surface area contributed by atoms with Crippen molar-refractivity contribution in [2.45, 2.75) is 45.1 Å². The maximum absolute atomic E-state index is 12.0. The minimum Gasteiger partial charge on any atom is -0.371 e. The summed E-state index contributed by atoms with van der Waals surface area (Å²) in [4.78, 5) is 14.3. The van der Waals surface area contributed by atoms with E-state index in [9.17, 15) is 4.79 Å². The molecule has 0 aromatic heterocycles. The van der Waals surface area contributed by atoms with E-state index in [1.807, 2.05) is 12.1 Å². The molecule has 5 heteroatoms. The number of nitrogens with zero attached hydrogens (tertiary/aromatic N) is 1. The van der Waals surface area contributed by atoms with Gasteiger partial charge in [0.25, 0.3) is 0 Å². The van der Waals surface area contributed by atoms with Crippen molar-refractivity contribution in [2.24, 2.45) is 5.92 Å². The molecular formula is C18H26ClN3O. The number of hydrogen-bond acceptors (Lipinski definition) is 2. The molecule has 1 atom stereocenters. The van der Waals surface area contributed by atoms with E-state index in [2.05, 4.69) is 28.5 Å². The molecule has 3 rings (SSSR count). The average molecular weight is 336 g/mol. The predicted octanol–water partition coefficient (Wildman–Crippen LogP) is 3.72. The molecule has 1 aliphatic heterocycles. The van der Waals surface area contributed by atoms with E-state index in [1.165, 1.54) is 24.1 Å². The van der Waals surface area contributed by atoms with E-state index in [0.717, 1.165) is 43.9 Å². The molecule has 1 saturated carbocycles. The molecule has 0 bridgehead atoms. The van der Waals surface area contributed by atoms with E-state index < -0.39 is 0 Å². The molecule has 126 valence electrons. The lowest BCUT2D eigenvalue weighted by atomic mass is 10.1. The summed E-state index contributed by atoms with van der Waals surface area (Å²) in [5.74, 6) is 0.503. The average Bonchev–Trinajstić information content (AvgIpc) is 3.19. The third-order valence-electron chi connectivity index (χ3n) is 5.04. The molecule has 1 aromatic carbocycles. The van der Waals surface area contributed by atoms with E-state index in [4.69, 9.17) is 11.6 Å². The Morgan fingerprint density at radius 3 is 2.87 bits per heavy atom. The topological polar surface area (TPSA) is 44.4 Å². The summed E-state index contributed by atoms with van der Waals surface area (Å²) >= 11 is 6.12. The van der Waals surface area contributed by atoms with Gasteiger partial charge in [-0.05, 0) is 49.8 Å². The number of benzene rings is 1. The van der Waals surface area contributed by atoms with Crippen LogP contribution in [-0.4, -0.2) is 31.7 Å². The minimum atomic E-state index is -0.00529. The highest BCUT2D eigenvalue weighted by atomic mass is 35.5. The van der Waals surface area contributed by atoms with Gasteiger partial charge < -0.3 is 15.5 Å². The highest BCUT2D eigenvalue weighted by Crippen LogP contribution is 2.29. The Labute approximate surface area is 143 Å². The van der Waals surface area contributed by atoms with Gasteiger partial charge in [0.2, 0.25) is 0 Å². The van der Waals surface area contributed by atoms with Crippen molar-refractivity contribution < 1.29 is 4.79 Å². The third kappa shape index (κ3) is 4.31. The van der Waals surface area contributed by atoms with Crippen LogP contribution in [0.2, 0.25) is 5.02 Å². The Bertz CT molecular complexity index is 557. The van der Waals surface area contributed by atoms with Crippen molar-refractivity contribution in [2.75, 3.05) is 24.5 Å². The van der Waals surface area contributed by atoms with Gasteiger partial charge in [0.05, 0.1) is 0 Å². The summed E-state index contributed by atoms with van der Waals surface area (Å²) in [6.45, 7) is 4.86. The lowest BCUT2D eigenvalue weighted by Gasteiger charge is -2.21. The molecule has 2 aliphatic rings. The van der Waals surface area contributed by atoms with Crippen LogP contribution in [0.3, 0.4) is 0 Å². The van der Waals surface area contributed by atoms with Crippen molar-refractivity contribution in [3.8, 4) is 0 Å². The molecule has 2 fully saturated rings. The lowest BCUT2D eigenvalue weighted by Crippen LogP contribution is -2.42. The molecular weight excluding hydrogens is 310 g/mol. The van der Waals surface area contributed by atoms with E-state index >= 15 is 0 Å². The lowest BCUT2D eigenvalue weighted by molar-refractivity contribution is 0.235. The van der Waals surface area contributed by atoms with Crippen LogP contribution < -0.4 is 15.5 Å². The SMILES string of the molecule is Cc1ccc(Cl)cc1N1CC[C@H](CNC(=O)NC2CCCC2)C1. The van der Waals surface area contributed by atoms with Crippen molar-refractivity contribution in [1.82, 2.24) is 10.6 Å². The number of anilines is 1. The number of aryl methyl sites for hydroxylation is 1. The number of carbonyl (C=O) groups excluding carboxylic acids is 1. The van der Waals surface area contributed by atoms with Crippen LogP contribution in [0.15, 0.2) is 18.2 Å². The Hall–Kier alpha value is -1.42. The number of hydrogen-bond donors (Lipinski definition) is 2. The second kappa shape index (κ2) is 7.43. The summed E-state index contributed by atoms with van der Waals surface area (Å²) in [5.41, 5.74) is 2.47. The standard InChI is InChI=1S/C18H26ClN3O/c1-13-6-7-15(19)10-17(13)22-9-8-14(12-22)11-20-18(23)21-16-4-2-3-5-16/h6-7,10,14,16H,2-5,8-9,11-12H2,1H3,(H2,20,21,23)/t14-/m1/s1. The molecule has 0 spiro atoms. The fourth-order valence-corrected chi connectivity index (χ4v) is 3.85. The van der Waals surface area contributed by atoms with Crippen molar-refractivity contribution in [1.29, 1.82) is 0 Å². The van der Waals surface area contributed by atoms with Crippen LogP contribution in [0, 0.1) is 12.8 Å². The molecule has 1 aromatic rings. The fourth-order valence-electron chi connectivity index (χ4n) is 3.68. The minimum absolute atomic E-state index is 0.00529. The maximum Gasteiger partial charge on any atom is 0.315 e. The van der Waals surface area contributed by atoms with Gasteiger partial charge in [0.1, 0.15) is 0 Å². The quantitative estimate of drug-likeness (QED) is 0.880. The Balaban J connectivity index is 1.46. The monoisotopic (exact) mass is 335 g/mol. The fraction of sp³-hybridized carbons (Fsp3) is 0.611. The first-order valence-corrected chi connectivity index (χ1v) is 9.05. The maximum atomic E-state index is 12.0. The summed E-state index contributed by atoms with van der Waals surface area (Å²) in [5, 5.41) is 6.91. The smallest absolute Gasteiger partial charge is 0.315 e. The number of nitrogens with one attached hydrogen (secondary N) is 2. The zero-order valence-electron chi connectivity index (χ0n) is 13.8. The predicted molar refractivity (Wildman–Crippen MR) is 95.3 cm³/mol. The molecule has 4 nitrogen and oxygen atoms in total. The highest BCUT2D eigenvalue weighted by Gasteiger charge is 2.24. The van der Waals surface area contributed by atoms with Gasteiger partial charge in [-0.2, -0.15) is 0 Å².